The summed E-state index contributed by atoms with van der Waals surface area (Å²) in [5.74, 6) is 1.01. The molecule has 0 saturated carbocycles. The van der Waals surface area contributed by atoms with Crippen LogP contribution in [0, 0.1) is 10.4 Å². The van der Waals surface area contributed by atoms with E-state index in [0.717, 1.165) is 18.8 Å². The highest BCUT2D eigenvalue weighted by atomic mass is 32.2. The van der Waals surface area contributed by atoms with Crippen LogP contribution in [0.2, 0.25) is 0 Å². The number of hydrogen-bond acceptors (Lipinski definition) is 2. The summed E-state index contributed by atoms with van der Waals surface area (Å²) in [6.07, 6.45) is 22.6. The van der Waals surface area contributed by atoms with E-state index < -0.39 is 0 Å². The van der Waals surface area contributed by atoms with Crippen molar-refractivity contribution in [1.29, 1.82) is 0 Å². The average Bonchev–Trinajstić information content (AvgIpc) is 3.22. The molecule has 3 aromatic carbocycles. The van der Waals surface area contributed by atoms with Crippen LogP contribution in [-0.2, 0) is 11.8 Å². The lowest BCUT2D eigenvalue weighted by Gasteiger charge is -2.29. The fraction of sp³-hybridized carbons (Fsp3) is 0.368. The quantitative estimate of drug-likeness (QED) is 0.260. The molecule has 1 heterocycles. The van der Waals surface area contributed by atoms with Gasteiger partial charge >= 0.3 is 0 Å². The topological polar surface area (TPSA) is 9.23 Å². The van der Waals surface area contributed by atoms with Crippen LogP contribution in [0.1, 0.15) is 88.8 Å². The Labute approximate surface area is 245 Å². The summed E-state index contributed by atoms with van der Waals surface area (Å²) in [6, 6.07) is 19.8. The molecule has 0 amide bonds. The number of thioether (sulfide) groups is 1. The molecular formula is C38H44OS. The van der Waals surface area contributed by atoms with Gasteiger partial charge in [-0.2, -0.15) is 0 Å². The zero-order valence-electron chi connectivity index (χ0n) is 24.5. The summed E-state index contributed by atoms with van der Waals surface area (Å²) in [4.78, 5) is 1.33. The van der Waals surface area contributed by atoms with Crippen LogP contribution >= 0.6 is 11.8 Å². The Bertz CT molecular complexity index is 1590. The van der Waals surface area contributed by atoms with Gasteiger partial charge in [0.15, 0.2) is 0 Å². The maximum absolute atomic E-state index is 6.10. The molecule has 0 unspecified atom stereocenters. The fourth-order valence-corrected chi connectivity index (χ4v) is 6.94. The van der Waals surface area contributed by atoms with E-state index in [1.165, 1.54) is 82.7 Å². The molecule has 0 N–H and O–H groups in total. The van der Waals surface area contributed by atoms with Crippen molar-refractivity contribution in [3.05, 3.63) is 110 Å². The van der Waals surface area contributed by atoms with Crippen LogP contribution in [0.4, 0.5) is 0 Å². The molecule has 0 aromatic heterocycles. The first kappa shape index (κ1) is 28.6. The van der Waals surface area contributed by atoms with Crippen LogP contribution in [0.15, 0.2) is 77.1 Å². The number of allylic oxidation sites excluding steroid dienone is 2. The van der Waals surface area contributed by atoms with E-state index in [2.05, 4.69) is 111 Å². The van der Waals surface area contributed by atoms with E-state index in [1.54, 1.807) is 22.9 Å². The van der Waals surface area contributed by atoms with Gasteiger partial charge in [-0.15, -0.1) is 0 Å². The Hall–Kier alpha value is -2.97. The molecular weight excluding hydrogens is 504 g/mol. The lowest BCUT2D eigenvalue weighted by molar-refractivity contribution is 0.304. The smallest absolute Gasteiger partial charge is 0.119 e. The minimum atomic E-state index is 0.0523. The molecule has 0 spiro atoms. The second-order valence-electron chi connectivity index (χ2n) is 11.7. The highest BCUT2D eigenvalue weighted by Gasteiger charge is 2.26. The van der Waals surface area contributed by atoms with Crippen molar-refractivity contribution in [3.63, 3.8) is 0 Å². The van der Waals surface area contributed by atoms with E-state index in [1.807, 2.05) is 0 Å². The molecule has 6 rings (SSSR count). The van der Waals surface area contributed by atoms with Crippen molar-refractivity contribution < 1.29 is 4.74 Å². The molecule has 2 aliphatic carbocycles. The Morgan fingerprint density at radius 2 is 1.68 bits per heavy atom. The minimum Gasteiger partial charge on any atom is -0.494 e. The van der Waals surface area contributed by atoms with Crippen LogP contribution in [0.5, 0.6) is 5.75 Å². The van der Waals surface area contributed by atoms with Crippen LogP contribution < -0.4 is 15.2 Å². The fourth-order valence-electron chi connectivity index (χ4n) is 6.19. The first-order valence-corrected chi connectivity index (χ1v) is 16.2. The SMILES string of the molecule is C1=CSc2ccccc2C=C1.CCCCCCCCOc1ccc2c(c1)=CC(C)(C)c1c3c(ccc1=2)=CCCC3. The number of rotatable bonds is 8. The third-order valence-electron chi connectivity index (χ3n) is 8.16. The standard InChI is InChI=1S/C28H36O.C10H8S/c1-4-5-6-7-8-11-18-29-23-15-17-24-22(19-23)20-28(2,3)27-25-13-10-9-12-21(25)14-16-26(24)27;1-2-7-10-9(5-1)6-3-4-8-11-10/h12,14-17,19-20H,4-11,13,18H2,1-3H3;1-8H. The molecule has 0 saturated heterocycles. The van der Waals surface area contributed by atoms with Gasteiger partial charge in [-0.05, 0) is 86.9 Å². The lowest BCUT2D eigenvalue weighted by atomic mass is 9.75. The van der Waals surface area contributed by atoms with Gasteiger partial charge in [-0.25, -0.2) is 0 Å². The monoisotopic (exact) mass is 548 g/mol. The number of unbranched alkanes of at least 4 members (excludes halogenated alkanes) is 5. The molecule has 3 aromatic rings. The van der Waals surface area contributed by atoms with Gasteiger partial charge in [0.2, 0.25) is 0 Å². The van der Waals surface area contributed by atoms with Crippen molar-refractivity contribution in [2.24, 2.45) is 0 Å². The summed E-state index contributed by atoms with van der Waals surface area (Å²) >= 11 is 1.77. The van der Waals surface area contributed by atoms with Crippen molar-refractivity contribution in [2.75, 3.05) is 6.61 Å². The number of benzene rings is 3. The minimum absolute atomic E-state index is 0.0523. The Kier molecular flexibility index (Phi) is 9.70. The van der Waals surface area contributed by atoms with Gasteiger partial charge in [-0.1, -0.05) is 131 Å². The van der Waals surface area contributed by atoms with E-state index in [9.17, 15) is 0 Å². The number of fused-ring (bicyclic) bond motifs is 5. The van der Waals surface area contributed by atoms with Crippen molar-refractivity contribution in [1.82, 2.24) is 0 Å². The largest absolute Gasteiger partial charge is 0.494 e. The van der Waals surface area contributed by atoms with Crippen molar-refractivity contribution >= 4 is 30.0 Å². The highest BCUT2D eigenvalue weighted by Crippen LogP contribution is 2.32. The Morgan fingerprint density at radius 3 is 2.58 bits per heavy atom. The third-order valence-corrected chi connectivity index (χ3v) is 9.08. The third kappa shape index (κ3) is 6.84. The van der Waals surface area contributed by atoms with Gasteiger partial charge in [0.25, 0.3) is 0 Å². The van der Waals surface area contributed by atoms with Gasteiger partial charge < -0.3 is 4.74 Å². The Balaban J connectivity index is 0.000000244. The summed E-state index contributed by atoms with van der Waals surface area (Å²) in [6.45, 7) is 7.83. The Morgan fingerprint density at radius 1 is 0.850 bits per heavy atom. The van der Waals surface area contributed by atoms with E-state index in [-0.39, 0.29) is 5.41 Å². The molecule has 0 bridgehead atoms. The zero-order chi connectivity index (χ0) is 27.8. The van der Waals surface area contributed by atoms with Crippen LogP contribution in [0.25, 0.3) is 18.2 Å². The first-order chi connectivity index (χ1) is 19.6. The molecule has 0 radical (unpaired) electrons. The maximum atomic E-state index is 6.10. The second-order valence-corrected chi connectivity index (χ2v) is 12.7. The van der Waals surface area contributed by atoms with Gasteiger partial charge in [-0.3, -0.25) is 0 Å². The lowest BCUT2D eigenvalue weighted by Crippen LogP contribution is -2.29. The van der Waals surface area contributed by atoms with Gasteiger partial charge in [0.05, 0.1) is 6.61 Å². The van der Waals surface area contributed by atoms with Crippen molar-refractivity contribution in [2.45, 2.75) is 88.9 Å². The van der Waals surface area contributed by atoms with Crippen molar-refractivity contribution in [3.8, 4) is 5.75 Å². The molecule has 0 atom stereocenters. The molecule has 2 heteroatoms. The molecule has 3 aliphatic rings. The molecule has 208 valence electrons. The predicted octanol–water partition coefficient (Wildman–Crippen LogP) is 9.22. The molecule has 0 fully saturated rings. The molecule has 1 nitrogen and oxygen atoms in total. The maximum Gasteiger partial charge on any atom is 0.119 e. The molecule has 1 aliphatic heterocycles. The molecule has 40 heavy (non-hydrogen) atoms. The van der Waals surface area contributed by atoms with Gasteiger partial charge in [0, 0.05) is 10.3 Å². The first-order valence-electron chi connectivity index (χ1n) is 15.3. The second kappa shape index (κ2) is 13.6. The van der Waals surface area contributed by atoms with Crippen LogP contribution in [-0.4, -0.2) is 6.61 Å². The normalized spacial score (nSPS) is 15.6. The number of ether oxygens (including phenoxy) is 1. The van der Waals surface area contributed by atoms with E-state index >= 15 is 0 Å². The summed E-state index contributed by atoms with van der Waals surface area (Å²) in [5.41, 5.74) is 4.47. The summed E-state index contributed by atoms with van der Waals surface area (Å²) < 4.78 is 6.10. The number of hydrogen-bond donors (Lipinski definition) is 0. The van der Waals surface area contributed by atoms with E-state index in [0.29, 0.717) is 0 Å². The zero-order valence-corrected chi connectivity index (χ0v) is 25.4. The predicted molar refractivity (Wildman–Crippen MR) is 174 cm³/mol. The summed E-state index contributed by atoms with van der Waals surface area (Å²) in [7, 11) is 0. The average molecular weight is 549 g/mol. The van der Waals surface area contributed by atoms with Crippen LogP contribution in [0.3, 0.4) is 0 Å². The highest BCUT2D eigenvalue weighted by molar-refractivity contribution is 8.02. The van der Waals surface area contributed by atoms with Gasteiger partial charge in [0.1, 0.15) is 5.75 Å². The summed E-state index contributed by atoms with van der Waals surface area (Å²) in [5, 5.41) is 7.66. The van der Waals surface area contributed by atoms with E-state index in [4.69, 9.17) is 4.74 Å².